The van der Waals surface area contributed by atoms with Crippen LogP contribution in [0.4, 0.5) is 5.69 Å². The second-order valence-corrected chi connectivity index (χ2v) is 5.43. The molecule has 4 heteroatoms. The molecule has 19 heavy (non-hydrogen) atoms. The van der Waals surface area contributed by atoms with Crippen molar-refractivity contribution in [1.29, 1.82) is 0 Å². The van der Waals surface area contributed by atoms with E-state index in [1.165, 1.54) is 0 Å². The third-order valence-corrected chi connectivity index (χ3v) is 3.27. The monoisotopic (exact) mass is 264 g/mol. The van der Waals surface area contributed by atoms with E-state index in [-0.39, 0.29) is 12.0 Å². The standard InChI is InChI=1S/C15H24N2O2/c1-10(2)14(15(18)19)16-11(3)12-6-8-13(9-7-12)17(4)5/h6-11,14,16H,1-5H3,(H,18,19). The fraction of sp³-hybridized carbons (Fsp3) is 0.533. The number of nitrogens with one attached hydrogen (secondary N) is 1. The van der Waals surface area contributed by atoms with E-state index in [2.05, 4.69) is 5.32 Å². The van der Waals surface area contributed by atoms with Crippen LogP contribution in [0.15, 0.2) is 24.3 Å². The smallest absolute Gasteiger partial charge is 0.320 e. The molecule has 106 valence electrons. The van der Waals surface area contributed by atoms with Crippen LogP contribution in [0.25, 0.3) is 0 Å². The SMILES string of the molecule is CC(NC(C(=O)O)C(C)C)c1ccc(N(C)C)cc1. The molecule has 0 fully saturated rings. The van der Waals surface area contributed by atoms with Gasteiger partial charge in [-0.05, 0) is 30.5 Å². The van der Waals surface area contributed by atoms with Gasteiger partial charge in [-0.1, -0.05) is 26.0 Å². The lowest BCUT2D eigenvalue weighted by Gasteiger charge is -2.23. The van der Waals surface area contributed by atoms with E-state index in [0.29, 0.717) is 0 Å². The summed E-state index contributed by atoms with van der Waals surface area (Å²) < 4.78 is 0. The highest BCUT2D eigenvalue weighted by molar-refractivity contribution is 5.73. The molecule has 1 rings (SSSR count). The van der Waals surface area contributed by atoms with Crippen molar-refractivity contribution in [2.45, 2.75) is 32.9 Å². The summed E-state index contributed by atoms with van der Waals surface area (Å²) in [4.78, 5) is 13.2. The molecule has 0 bridgehead atoms. The Balaban J connectivity index is 2.77. The molecule has 1 aromatic carbocycles. The van der Waals surface area contributed by atoms with Gasteiger partial charge in [-0.15, -0.1) is 0 Å². The largest absolute Gasteiger partial charge is 0.480 e. The van der Waals surface area contributed by atoms with E-state index >= 15 is 0 Å². The second kappa shape index (κ2) is 6.57. The number of carboxylic acids is 1. The third kappa shape index (κ3) is 4.24. The van der Waals surface area contributed by atoms with Crippen LogP contribution in [0.1, 0.15) is 32.4 Å². The molecule has 2 N–H and O–H groups in total. The van der Waals surface area contributed by atoms with Crippen molar-refractivity contribution >= 4 is 11.7 Å². The van der Waals surface area contributed by atoms with Crippen LogP contribution in [-0.4, -0.2) is 31.2 Å². The Morgan fingerprint density at radius 3 is 2.05 bits per heavy atom. The fourth-order valence-electron chi connectivity index (χ4n) is 1.98. The van der Waals surface area contributed by atoms with Crippen molar-refractivity contribution in [2.75, 3.05) is 19.0 Å². The van der Waals surface area contributed by atoms with Gasteiger partial charge in [-0.25, -0.2) is 0 Å². The van der Waals surface area contributed by atoms with Crippen LogP contribution in [0, 0.1) is 5.92 Å². The Labute approximate surface area is 115 Å². The number of carbonyl (C=O) groups is 1. The van der Waals surface area contributed by atoms with Crippen molar-refractivity contribution in [3.8, 4) is 0 Å². The Kier molecular flexibility index (Phi) is 5.36. The third-order valence-electron chi connectivity index (χ3n) is 3.27. The van der Waals surface area contributed by atoms with Crippen LogP contribution >= 0.6 is 0 Å². The quantitative estimate of drug-likeness (QED) is 0.829. The van der Waals surface area contributed by atoms with Gasteiger partial charge < -0.3 is 10.0 Å². The van der Waals surface area contributed by atoms with E-state index in [1.54, 1.807) is 0 Å². The summed E-state index contributed by atoms with van der Waals surface area (Å²) >= 11 is 0. The lowest BCUT2D eigenvalue weighted by Crippen LogP contribution is -2.42. The summed E-state index contributed by atoms with van der Waals surface area (Å²) in [5, 5.41) is 12.4. The number of benzene rings is 1. The lowest BCUT2D eigenvalue weighted by molar-refractivity contribution is -0.140. The highest BCUT2D eigenvalue weighted by Crippen LogP contribution is 2.19. The van der Waals surface area contributed by atoms with E-state index in [1.807, 2.05) is 64.0 Å². The molecule has 1 aromatic rings. The minimum atomic E-state index is -0.799. The zero-order valence-electron chi connectivity index (χ0n) is 12.3. The predicted octanol–water partition coefficient (Wildman–Crippen LogP) is 2.51. The Hall–Kier alpha value is -1.55. The first kappa shape index (κ1) is 15.5. The van der Waals surface area contributed by atoms with Gasteiger partial charge in [0, 0.05) is 25.8 Å². The normalized spacial score (nSPS) is 14.2. The van der Waals surface area contributed by atoms with Crippen LogP contribution in [0.2, 0.25) is 0 Å². The molecule has 0 aromatic heterocycles. The predicted molar refractivity (Wildman–Crippen MR) is 78.6 cm³/mol. The summed E-state index contributed by atoms with van der Waals surface area (Å²) in [6.07, 6.45) is 0. The van der Waals surface area contributed by atoms with E-state index in [4.69, 9.17) is 0 Å². The number of aliphatic carboxylic acids is 1. The summed E-state index contributed by atoms with van der Waals surface area (Å²) in [6.45, 7) is 5.81. The van der Waals surface area contributed by atoms with Gasteiger partial charge in [-0.3, -0.25) is 10.1 Å². The first-order valence-electron chi connectivity index (χ1n) is 6.59. The first-order valence-corrected chi connectivity index (χ1v) is 6.59. The number of hydrogen-bond donors (Lipinski definition) is 2. The minimum absolute atomic E-state index is 0.0136. The molecule has 0 saturated carbocycles. The molecular formula is C15H24N2O2. The van der Waals surface area contributed by atoms with Crippen LogP contribution in [0.5, 0.6) is 0 Å². The van der Waals surface area contributed by atoms with Crippen LogP contribution in [0.3, 0.4) is 0 Å². The van der Waals surface area contributed by atoms with Gasteiger partial charge in [0.15, 0.2) is 0 Å². The van der Waals surface area contributed by atoms with Crippen LogP contribution in [-0.2, 0) is 4.79 Å². The van der Waals surface area contributed by atoms with Crippen molar-refractivity contribution in [3.63, 3.8) is 0 Å². The maximum atomic E-state index is 11.2. The lowest BCUT2D eigenvalue weighted by atomic mass is 10.0. The molecule has 0 amide bonds. The Morgan fingerprint density at radius 1 is 1.16 bits per heavy atom. The molecule has 0 aliphatic carbocycles. The second-order valence-electron chi connectivity index (χ2n) is 5.43. The molecule has 0 heterocycles. The van der Waals surface area contributed by atoms with E-state index < -0.39 is 12.0 Å². The fourth-order valence-corrected chi connectivity index (χ4v) is 1.98. The average molecular weight is 264 g/mol. The van der Waals surface area contributed by atoms with Crippen molar-refractivity contribution in [2.24, 2.45) is 5.92 Å². The molecule has 0 aliphatic heterocycles. The average Bonchev–Trinajstić information content (AvgIpc) is 2.34. The number of hydrogen-bond acceptors (Lipinski definition) is 3. The van der Waals surface area contributed by atoms with Crippen molar-refractivity contribution < 1.29 is 9.90 Å². The maximum absolute atomic E-state index is 11.2. The first-order chi connectivity index (χ1) is 8.82. The minimum Gasteiger partial charge on any atom is -0.480 e. The topological polar surface area (TPSA) is 52.6 Å². The molecule has 4 nitrogen and oxygen atoms in total. The van der Waals surface area contributed by atoms with Crippen LogP contribution < -0.4 is 10.2 Å². The van der Waals surface area contributed by atoms with Gasteiger partial charge in [0.25, 0.3) is 0 Å². The van der Waals surface area contributed by atoms with Gasteiger partial charge in [0.05, 0.1) is 0 Å². The van der Waals surface area contributed by atoms with Crippen molar-refractivity contribution in [3.05, 3.63) is 29.8 Å². The van der Waals surface area contributed by atoms with Gasteiger partial charge >= 0.3 is 5.97 Å². The number of carboxylic acid groups (broad SMARTS) is 1. The summed E-state index contributed by atoms with van der Waals surface area (Å²) in [6, 6.07) is 7.64. The molecule has 0 aliphatic rings. The maximum Gasteiger partial charge on any atom is 0.320 e. The van der Waals surface area contributed by atoms with E-state index in [9.17, 15) is 9.90 Å². The molecule has 0 saturated heterocycles. The number of nitrogens with zero attached hydrogens (tertiary/aromatic N) is 1. The molecular weight excluding hydrogens is 240 g/mol. The molecule has 0 radical (unpaired) electrons. The molecule has 2 atom stereocenters. The molecule has 0 spiro atoms. The highest BCUT2D eigenvalue weighted by Gasteiger charge is 2.23. The summed E-state index contributed by atoms with van der Waals surface area (Å²) in [5.74, 6) is -0.743. The molecule has 2 unspecified atom stereocenters. The van der Waals surface area contributed by atoms with Gasteiger partial charge in [-0.2, -0.15) is 0 Å². The zero-order valence-corrected chi connectivity index (χ0v) is 12.3. The van der Waals surface area contributed by atoms with Crippen molar-refractivity contribution in [1.82, 2.24) is 5.32 Å². The van der Waals surface area contributed by atoms with Gasteiger partial charge in [0.2, 0.25) is 0 Å². The summed E-state index contributed by atoms with van der Waals surface area (Å²) in [5.41, 5.74) is 2.23. The summed E-state index contributed by atoms with van der Waals surface area (Å²) in [7, 11) is 3.99. The van der Waals surface area contributed by atoms with Gasteiger partial charge in [0.1, 0.15) is 6.04 Å². The number of anilines is 1. The Morgan fingerprint density at radius 2 is 1.68 bits per heavy atom. The van der Waals surface area contributed by atoms with E-state index in [0.717, 1.165) is 11.3 Å². The number of rotatable bonds is 6. The Bertz CT molecular complexity index is 413. The zero-order chi connectivity index (χ0) is 14.6. The highest BCUT2D eigenvalue weighted by atomic mass is 16.4.